The lowest BCUT2D eigenvalue weighted by Gasteiger charge is -2.37. The highest BCUT2D eigenvalue weighted by Gasteiger charge is 2.75. The van der Waals surface area contributed by atoms with Crippen LogP contribution in [0.2, 0.25) is 0 Å². The minimum absolute atomic E-state index is 0.0817. The third-order valence-electron chi connectivity index (χ3n) is 7.88. The van der Waals surface area contributed by atoms with Gasteiger partial charge in [0.25, 0.3) is 5.91 Å². The molecule has 3 saturated heterocycles. The van der Waals surface area contributed by atoms with E-state index in [0.29, 0.717) is 32.2 Å². The van der Waals surface area contributed by atoms with Crippen LogP contribution in [0.25, 0.3) is 0 Å². The lowest BCUT2D eigenvalue weighted by atomic mass is 9.70. The molecule has 196 valence electrons. The number of fused-ring (bicyclic) bond motifs is 1. The fraction of sp³-hybridized carbons (Fsp3) is 0.607. The molecule has 2 amide bonds. The zero-order valence-corrected chi connectivity index (χ0v) is 21.6. The van der Waals surface area contributed by atoms with Gasteiger partial charge in [-0.15, -0.1) is 6.58 Å². The molecule has 3 fully saturated rings. The summed E-state index contributed by atoms with van der Waals surface area (Å²) in [6, 6.07) is 5.12. The van der Waals surface area contributed by atoms with Crippen LogP contribution in [-0.4, -0.2) is 71.8 Å². The molecule has 1 aromatic rings. The summed E-state index contributed by atoms with van der Waals surface area (Å²) in [7, 11) is 0. The molecule has 1 spiro atoms. The van der Waals surface area contributed by atoms with Crippen molar-refractivity contribution in [3.05, 3.63) is 42.0 Å². The molecule has 0 aromatic heterocycles. The quantitative estimate of drug-likeness (QED) is 0.286. The number of aryl methyl sites for hydroxylation is 2. The van der Waals surface area contributed by atoms with Gasteiger partial charge in [0.2, 0.25) is 5.91 Å². The predicted octanol–water partition coefficient (Wildman–Crippen LogP) is 2.92. The SMILES string of the molecule is C=CCN(C(=O)[C@@H]1N(CCCCCO)C(=O)[C@H]2[C@H](C(=O)OCC)[C@@H]3CC[C@]12O3)c1cc(C)ccc1C. The number of anilines is 1. The van der Waals surface area contributed by atoms with Crippen molar-refractivity contribution in [3.63, 3.8) is 0 Å². The molecule has 5 atom stereocenters. The maximum absolute atomic E-state index is 14.4. The summed E-state index contributed by atoms with van der Waals surface area (Å²) in [5.74, 6) is -2.28. The van der Waals surface area contributed by atoms with Crippen molar-refractivity contribution < 1.29 is 29.0 Å². The number of likely N-dealkylation sites (tertiary alicyclic amines) is 1. The highest BCUT2D eigenvalue weighted by atomic mass is 16.6. The summed E-state index contributed by atoms with van der Waals surface area (Å²) in [5.41, 5.74) is 1.70. The molecule has 0 saturated carbocycles. The van der Waals surface area contributed by atoms with Crippen molar-refractivity contribution in [1.82, 2.24) is 4.90 Å². The molecule has 1 aromatic carbocycles. The van der Waals surface area contributed by atoms with Crippen LogP contribution in [0.4, 0.5) is 5.69 Å². The van der Waals surface area contributed by atoms with Gasteiger partial charge in [-0.3, -0.25) is 14.4 Å². The van der Waals surface area contributed by atoms with E-state index in [-0.39, 0.29) is 31.6 Å². The molecule has 3 heterocycles. The van der Waals surface area contributed by atoms with Crippen LogP contribution in [0.1, 0.15) is 50.2 Å². The van der Waals surface area contributed by atoms with Gasteiger partial charge in [-0.05, 0) is 70.1 Å². The van der Waals surface area contributed by atoms with Crippen LogP contribution in [-0.2, 0) is 23.9 Å². The van der Waals surface area contributed by atoms with Crippen LogP contribution < -0.4 is 4.90 Å². The number of ether oxygens (including phenoxy) is 2. The monoisotopic (exact) mass is 498 g/mol. The second-order valence-electron chi connectivity index (χ2n) is 10.2. The van der Waals surface area contributed by atoms with Gasteiger partial charge in [0.1, 0.15) is 11.6 Å². The molecule has 8 nitrogen and oxygen atoms in total. The number of esters is 1. The number of rotatable bonds is 11. The van der Waals surface area contributed by atoms with Crippen LogP contribution in [0.3, 0.4) is 0 Å². The predicted molar refractivity (Wildman–Crippen MR) is 135 cm³/mol. The number of aliphatic hydroxyl groups excluding tert-OH is 1. The second kappa shape index (κ2) is 10.7. The standard InChI is InChI=1S/C28H38N2O6/c1-5-14-29(20-17-18(3)10-11-19(20)4)26(33)24-28-13-12-21(36-28)22(27(34)35-6-2)23(28)25(32)30(24)15-8-7-9-16-31/h5,10-11,17,21-24,31H,1,6-9,12-16H2,2-4H3/t21-,22+,23+,24-,28+/m0/s1. The van der Waals surface area contributed by atoms with E-state index in [0.717, 1.165) is 23.2 Å². The van der Waals surface area contributed by atoms with Crippen molar-refractivity contribution >= 4 is 23.5 Å². The van der Waals surface area contributed by atoms with E-state index >= 15 is 0 Å². The zero-order chi connectivity index (χ0) is 26.0. The molecular weight excluding hydrogens is 460 g/mol. The number of benzene rings is 1. The van der Waals surface area contributed by atoms with Crippen LogP contribution >= 0.6 is 0 Å². The number of carbonyl (C=O) groups is 3. The smallest absolute Gasteiger partial charge is 0.312 e. The van der Waals surface area contributed by atoms with E-state index < -0.39 is 35.6 Å². The van der Waals surface area contributed by atoms with E-state index in [1.807, 2.05) is 32.0 Å². The van der Waals surface area contributed by atoms with Gasteiger partial charge in [-0.25, -0.2) is 0 Å². The molecular formula is C28H38N2O6. The first-order valence-electron chi connectivity index (χ1n) is 13.1. The van der Waals surface area contributed by atoms with E-state index in [4.69, 9.17) is 9.47 Å². The molecule has 0 radical (unpaired) electrons. The van der Waals surface area contributed by atoms with Crippen molar-refractivity contribution in [1.29, 1.82) is 0 Å². The lowest BCUT2D eigenvalue weighted by molar-refractivity contribution is -0.154. The highest BCUT2D eigenvalue weighted by molar-refractivity contribution is 6.05. The van der Waals surface area contributed by atoms with Crippen molar-refractivity contribution in [3.8, 4) is 0 Å². The summed E-state index contributed by atoms with van der Waals surface area (Å²) in [6.45, 7) is 10.5. The summed E-state index contributed by atoms with van der Waals surface area (Å²) >= 11 is 0. The van der Waals surface area contributed by atoms with E-state index in [1.54, 1.807) is 22.8 Å². The Balaban J connectivity index is 1.75. The summed E-state index contributed by atoms with van der Waals surface area (Å²) in [6.07, 6.45) is 4.44. The molecule has 36 heavy (non-hydrogen) atoms. The Morgan fingerprint density at radius 1 is 1.31 bits per heavy atom. The number of hydrogen-bond donors (Lipinski definition) is 1. The number of carbonyl (C=O) groups excluding carboxylic acids is 3. The van der Waals surface area contributed by atoms with Gasteiger partial charge < -0.3 is 24.4 Å². The van der Waals surface area contributed by atoms with Gasteiger partial charge in [-0.2, -0.15) is 0 Å². The Kier molecular flexibility index (Phi) is 7.85. The van der Waals surface area contributed by atoms with E-state index in [9.17, 15) is 19.5 Å². The molecule has 0 unspecified atom stereocenters. The number of hydrogen-bond acceptors (Lipinski definition) is 6. The third kappa shape index (κ3) is 4.34. The number of nitrogens with zero attached hydrogens (tertiary/aromatic N) is 2. The minimum atomic E-state index is -1.05. The highest BCUT2D eigenvalue weighted by Crippen LogP contribution is 2.59. The van der Waals surface area contributed by atoms with Crippen molar-refractivity contribution in [2.24, 2.45) is 11.8 Å². The van der Waals surface area contributed by atoms with Gasteiger partial charge in [0.15, 0.2) is 0 Å². The molecule has 8 heteroatoms. The topological polar surface area (TPSA) is 96.4 Å². The Hall–Kier alpha value is -2.71. The zero-order valence-electron chi connectivity index (χ0n) is 21.6. The Morgan fingerprint density at radius 3 is 2.78 bits per heavy atom. The maximum atomic E-state index is 14.4. The van der Waals surface area contributed by atoms with Crippen LogP contribution in [0.5, 0.6) is 0 Å². The largest absolute Gasteiger partial charge is 0.466 e. The molecule has 3 aliphatic heterocycles. The van der Waals surface area contributed by atoms with Crippen LogP contribution in [0, 0.1) is 25.7 Å². The van der Waals surface area contributed by atoms with Gasteiger partial charge >= 0.3 is 5.97 Å². The third-order valence-corrected chi connectivity index (χ3v) is 7.88. The Bertz CT molecular complexity index is 1030. The molecule has 4 rings (SSSR count). The molecule has 1 N–H and O–H groups in total. The summed E-state index contributed by atoms with van der Waals surface area (Å²) in [4.78, 5) is 44.6. The van der Waals surface area contributed by atoms with Gasteiger partial charge in [-0.1, -0.05) is 18.2 Å². The first kappa shape index (κ1) is 26.4. The first-order valence-corrected chi connectivity index (χ1v) is 13.1. The van der Waals surface area contributed by atoms with E-state index in [2.05, 4.69) is 6.58 Å². The number of amides is 2. The first-order chi connectivity index (χ1) is 17.3. The van der Waals surface area contributed by atoms with Crippen molar-refractivity contribution in [2.75, 3.05) is 31.2 Å². The molecule has 2 bridgehead atoms. The minimum Gasteiger partial charge on any atom is -0.466 e. The fourth-order valence-corrected chi connectivity index (χ4v) is 6.34. The maximum Gasteiger partial charge on any atom is 0.312 e. The summed E-state index contributed by atoms with van der Waals surface area (Å²) < 4.78 is 11.8. The normalized spacial score (nSPS) is 28.3. The number of aliphatic hydroxyl groups is 1. The Morgan fingerprint density at radius 2 is 2.08 bits per heavy atom. The van der Waals surface area contributed by atoms with Crippen molar-refractivity contribution in [2.45, 2.75) is 70.6 Å². The lowest BCUT2D eigenvalue weighted by Crippen LogP contribution is -2.56. The van der Waals surface area contributed by atoms with Crippen LogP contribution in [0.15, 0.2) is 30.9 Å². The Labute approximate surface area is 213 Å². The average Bonchev–Trinajstić information content (AvgIpc) is 3.49. The van der Waals surface area contributed by atoms with E-state index in [1.165, 1.54) is 0 Å². The molecule has 0 aliphatic carbocycles. The molecule has 3 aliphatic rings. The second-order valence-corrected chi connectivity index (χ2v) is 10.2. The summed E-state index contributed by atoms with van der Waals surface area (Å²) in [5, 5.41) is 9.20. The van der Waals surface area contributed by atoms with Gasteiger partial charge in [0, 0.05) is 25.4 Å². The fourth-order valence-electron chi connectivity index (χ4n) is 6.34. The van der Waals surface area contributed by atoms with Gasteiger partial charge in [0.05, 0.1) is 24.5 Å². The number of unbranched alkanes of at least 4 members (excludes halogenated alkanes) is 2. The average molecular weight is 499 g/mol.